The van der Waals surface area contributed by atoms with Gasteiger partial charge in [-0.15, -0.1) is 0 Å². The van der Waals surface area contributed by atoms with Gasteiger partial charge >= 0.3 is 12.1 Å². The van der Waals surface area contributed by atoms with Crippen LogP contribution in [-0.4, -0.2) is 65.9 Å². The Morgan fingerprint density at radius 2 is 1.56 bits per heavy atom. The first-order valence-electron chi connectivity index (χ1n) is 13.4. The van der Waals surface area contributed by atoms with Gasteiger partial charge in [0.05, 0.1) is 17.7 Å². The Bertz CT molecular complexity index is 1260. The van der Waals surface area contributed by atoms with E-state index < -0.39 is 47.8 Å². The van der Waals surface area contributed by atoms with Gasteiger partial charge in [-0.05, 0) is 43.4 Å². The highest BCUT2D eigenvalue weighted by atomic mass is 16.5. The van der Waals surface area contributed by atoms with Gasteiger partial charge in [0.15, 0.2) is 5.96 Å². The predicted molar refractivity (Wildman–Crippen MR) is 150 cm³/mol. The summed E-state index contributed by atoms with van der Waals surface area (Å²) in [6, 6.07) is 13.3. The van der Waals surface area contributed by atoms with Gasteiger partial charge in [0.2, 0.25) is 5.91 Å². The van der Waals surface area contributed by atoms with Crippen molar-refractivity contribution in [3.05, 3.63) is 71.3 Å². The highest BCUT2D eigenvalue weighted by molar-refractivity contribution is 6.23. The lowest BCUT2D eigenvalue weighted by molar-refractivity contribution is -0.148. The molecule has 2 aromatic rings. The third-order valence-corrected chi connectivity index (χ3v) is 6.27. The van der Waals surface area contributed by atoms with Crippen molar-refractivity contribution in [1.82, 2.24) is 15.5 Å². The number of hydrogen-bond acceptors (Lipinski definition) is 8. The third-order valence-electron chi connectivity index (χ3n) is 6.27. The van der Waals surface area contributed by atoms with E-state index in [1.54, 1.807) is 32.9 Å². The summed E-state index contributed by atoms with van der Waals surface area (Å²) in [5.74, 6) is -3.04. The summed E-state index contributed by atoms with van der Waals surface area (Å²) in [7, 11) is 0. The molecule has 0 spiro atoms. The number of nitrogens with zero attached hydrogens (tertiary/aromatic N) is 2. The van der Waals surface area contributed by atoms with Gasteiger partial charge in [0.1, 0.15) is 18.7 Å². The molecule has 218 valence electrons. The summed E-state index contributed by atoms with van der Waals surface area (Å²) in [6.07, 6.45) is -0.336. The fraction of sp³-hybridized carbons (Fsp3) is 0.379. The zero-order valence-electron chi connectivity index (χ0n) is 23.3. The molecule has 0 bridgehead atoms. The van der Waals surface area contributed by atoms with Gasteiger partial charge in [-0.2, -0.15) is 0 Å². The van der Waals surface area contributed by atoms with Gasteiger partial charge in [-0.3, -0.25) is 29.6 Å². The molecule has 41 heavy (non-hydrogen) atoms. The number of esters is 1. The topological polar surface area (TPSA) is 169 Å². The molecular weight excluding hydrogens is 530 g/mol. The zero-order valence-corrected chi connectivity index (χ0v) is 23.3. The highest BCUT2D eigenvalue weighted by Gasteiger charge is 2.44. The van der Waals surface area contributed by atoms with E-state index >= 15 is 0 Å². The molecule has 12 nitrogen and oxygen atoms in total. The molecule has 1 aliphatic heterocycles. The van der Waals surface area contributed by atoms with E-state index in [2.05, 4.69) is 15.6 Å². The van der Waals surface area contributed by atoms with Crippen molar-refractivity contribution in [2.45, 2.75) is 52.3 Å². The zero-order chi connectivity index (χ0) is 29.9. The minimum absolute atomic E-state index is 0.0684. The number of imide groups is 1. The summed E-state index contributed by atoms with van der Waals surface area (Å²) in [5, 5.41) is 4.98. The van der Waals surface area contributed by atoms with Crippen molar-refractivity contribution in [2.24, 2.45) is 16.6 Å². The molecule has 2 aromatic carbocycles. The monoisotopic (exact) mass is 565 g/mol. The number of amides is 4. The maximum Gasteiger partial charge on any atom is 0.414 e. The highest BCUT2D eigenvalue weighted by Crippen LogP contribution is 2.27. The van der Waals surface area contributed by atoms with E-state index in [0.29, 0.717) is 6.42 Å². The molecule has 3 rings (SSSR count). The van der Waals surface area contributed by atoms with Crippen LogP contribution in [0.5, 0.6) is 0 Å². The Labute approximate surface area is 238 Å². The molecule has 2 unspecified atom stereocenters. The lowest BCUT2D eigenvalue weighted by Gasteiger charge is -2.30. The third kappa shape index (κ3) is 8.13. The minimum atomic E-state index is -1.14. The second kappa shape index (κ2) is 14.6. The molecule has 1 heterocycles. The molecule has 4 amide bonds. The van der Waals surface area contributed by atoms with E-state index in [-0.39, 0.29) is 43.3 Å². The number of guanidine groups is 1. The van der Waals surface area contributed by atoms with Crippen LogP contribution in [0.3, 0.4) is 0 Å². The van der Waals surface area contributed by atoms with Gasteiger partial charge in [0, 0.05) is 6.54 Å². The number of carbonyl (C=O) groups is 5. The number of nitrogens with one attached hydrogen (secondary N) is 2. The number of hydrogen-bond donors (Lipinski definition) is 3. The minimum Gasteiger partial charge on any atom is -0.464 e. The molecular formula is C29H35N5O7. The van der Waals surface area contributed by atoms with Gasteiger partial charge < -0.3 is 20.5 Å². The average Bonchev–Trinajstić information content (AvgIpc) is 3.19. The van der Waals surface area contributed by atoms with E-state index in [4.69, 9.17) is 15.2 Å². The van der Waals surface area contributed by atoms with Crippen LogP contribution in [-0.2, 0) is 25.7 Å². The van der Waals surface area contributed by atoms with E-state index in [1.807, 2.05) is 30.3 Å². The first-order chi connectivity index (χ1) is 19.6. The first-order valence-corrected chi connectivity index (χ1v) is 13.4. The summed E-state index contributed by atoms with van der Waals surface area (Å²) >= 11 is 0. The molecule has 0 aromatic heterocycles. The fourth-order valence-corrected chi connectivity index (χ4v) is 4.33. The Hall–Kier alpha value is -4.74. The largest absolute Gasteiger partial charge is 0.464 e. The van der Waals surface area contributed by atoms with Crippen molar-refractivity contribution in [2.75, 3.05) is 13.2 Å². The number of benzene rings is 2. The Morgan fingerprint density at radius 1 is 0.951 bits per heavy atom. The van der Waals surface area contributed by atoms with Crippen molar-refractivity contribution in [3.63, 3.8) is 0 Å². The number of aliphatic imine (C=N–C) groups is 1. The quantitative estimate of drug-likeness (QED) is 0.116. The molecule has 1 aliphatic rings. The number of ether oxygens (including phenoxy) is 2. The van der Waals surface area contributed by atoms with E-state index in [9.17, 15) is 24.0 Å². The maximum absolute atomic E-state index is 13.4. The maximum atomic E-state index is 13.4. The van der Waals surface area contributed by atoms with Crippen LogP contribution in [0.25, 0.3) is 0 Å². The van der Waals surface area contributed by atoms with Gasteiger partial charge in [0.25, 0.3) is 11.8 Å². The van der Waals surface area contributed by atoms with Crippen molar-refractivity contribution >= 4 is 35.7 Å². The van der Waals surface area contributed by atoms with Crippen LogP contribution in [0.1, 0.15) is 59.9 Å². The average molecular weight is 566 g/mol. The summed E-state index contributed by atoms with van der Waals surface area (Å²) in [6.45, 7) is 5.35. The van der Waals surface area contributed by atoms with Crippen molar-refractivity contribution in [3.8, 4) is 0 Å². The number of rotatable bonds is 12. The van der Waals surface area contributed by atoms with Gasteiger partial charge in [-0.1, -0.05) is 56.3 Å². The Balaban J connectivity index is 1.58. The van der Waals surface area contributed by atoms with Crippen molar-refractivity contribution in [1.29, 1.82) is 0 Å². The van der Waals surface area contributed by atoms with Crippen LogP contribution >= 0.6 is 0 Å². The van der Waals surface area contributed by atoms with Gasteiger partial charge in [-0.25, -0.2) is 9.59 Å². The van der Waals surface area contributed by atoms with E-state index in [1.165, 1.54) is 12.1 Å². The van der Waals surface area contributed by atoms with Crippen LogP contribution in [0.15, 0.2) is 59.6 Å². The lowest BCUT2D eigenvalue weighted by Crippen LogP contribution is -2.55. The number of alkyl carbamates (subject to hydrolysis) is 1. The molecule has 12 heteroatoms. The Morgan fingerprint density at radius 3 is 2.15 bits per heavy atom. The smallest absolute Gasteiger partial charge is 0.414 e. The Kier molecular flexibility index (Phi) is 11.0. The van der Waals surface area contributed by atoms with Crippen LogP contribution in [0.4, 0.5) is 4.79 Å². The molecule has 0 saturated heterocycles. The normalized spacial score (nSPS) is 14.3. The molecule has 0 radical (unpaired) electrons. The van der Waals surface area contributed by atoms with Crippen molar-refractivity contribution < 1.29 is 33.4 Å². The van der Waals surface area contributed by atoms with Crippen LogP contribution in [0.2, 0.25) is 0 Å². The molecule has 4 N–H and O–H groups in total. The van der Waals surface area contributed by atoms with E-state index in [0.717, 1.165) is 10.5 Å². The molecule has 0 saturated carbocycles. The second-order valence-electron chi connectivity index (χ2n) is 9.62. The fourth-order valence-electron chi connectivity index (χ4n) is 4.33. The summed E-state index contributed by atoms with van der Waals surface area (Å²) < 4.78 is 10.2. The first kappa shape index (κ1) is 30.8. The summed E-state index contributed by atoms with van der Waals surface area (Å²) in [4.78, 5) is 69.0. The SMILES string of the molecule is CCOC(=O)C(CCCN=C(N)NC(=O)OCc1ccccc1)NC(=O)C(C(C)C)N1C(=O)c2ccccc2C1=O. The molecule has 0 aliphatic carbocycles. The predicted octanol–water partition coefficient (Wildman–Crippen LogP) is 2.38. The second-order valence-corrected chi connectivity index (χ2v) is 9.62. The number of nitrogens with two attached hydrogens (primary N) is 1. The number of carbonyl (C=O) groups excluding carboxylic acids is 5. The standard InChI is InChI=1S/C29H35N5O7/c1-4-40-27(38)22(15-10-16-31-28(30)33-29(39)41-17-19-11-6-5-7-12-19)32-24(35)23(18(2)3)34-25(36)20-13-8-9-14-21(20)26(34)37/h5-9,11-14,18,22-23H,4,10,15-17H2,1-3H3,(H,32,35)(H3,30,31,33,39). The molecule has 0 fully saturated rings. The van der Waals surface area contributed by atoms with Crippen LogP contribution in [0, 0.1) is 5.92 Å². The molecule has 2 atom stereocenters. The summed E-state index contributed by atoms with van der Waals surface area (Å²) in [5.41, 5.74) is 7.03. The number of fused-ring (bicyclic) bond motifs is 1. The lowest BCUT2D eigenvalue weighted by atomic mass is 10.0. The van der Waals surface area contributed by atoms with Crippen LogP contribution < -0.4 is 16.4 Å².